The summed E-state index contributed by atoms with van der Waals surface area (Å²) in [5.41, 5.74) is 0.581. The molecule has 0 aliphatic rings. The maximum atomic E-state index is 11.5. The van der Waals surface area contributed by atoms with Crippen molar-refractivity contribution < 1.29 is 27.6 Å². The number of aromatic hydroxyl groups is 1. The fraction of sp³-hybridized carbons (Fsp3) is 0.0714. The van der Waals surface area contributed by atoms with Crippen LogP contribution in [-0.4, -0.2) is 31.2 Å². The third-order valence-corrected chi connectivity index (χ3v) is 3.67. The van der Waals surface area contributed by atoms with Crippen LogP contribution in [0.1, 0.15) is 10.4 Å². The molecule has 0 fully saturated rings. The van der Waals surface area contributed by atoms with Crippen molar-refractivity contribution in [2.24, 2.45) is 10.2 Å². The van der Waals surface area contributed by atoms with Crippen LogP contribution in [-0.2, 0) is 14.9 Å². The van der Waals surface area contributed by atoms with Gasteiger partial charge in [-0.2, -0.15) is 18.6 Å². The van der Waals surface area contributed by atoms with Gasteiger partial charge in [-0.05, 0) is 42.5 Å². The lowest BCUT2D eigenvalue weighted by Gasteiger charge is -2.02. The van der Waals surface area contributed by atoms with E-state index < -0.39 is 16.1 Å². The second-order valence-electron chi connectivity index (χ2n) is 4.36. The minimum absolute atomic E-state index is 0.0503. The zero-order valence-electron chi connectivity index (χ0n) is 11.9. The van der Waals surface area contributed by atoms with Gasteiger partial charge in [-0.25, -0.2) is 4.79 Å². The summed E-state index contributed by atoms with van der Waals surface area (Å²) in [6.45, 7) is 0. The van der Waals surface area contributed by atoms with Gasteiger partial charge in [0.2, 0.25) is 0 Å². The molecule has 0 atom stereocenters. The molecule has 8 nitrogen and oxygen atoms in total. The second kappa shape index (κ2) is 6.55. The number of phenols is 1. The Morgan fingerprint density at radius 1 is 1.04 bits per heavy atom. The molecule has 0 spiro atoms. The van der Waals surface area contributed by atoms with Crippen LogP contribution >= 0.6 is 0 Å². The van der Waals surface area contributed by atoms with Gasteiger partial charge in [0.25, 0.3) is 10.1 Å². The first-order chi connectivity index (χ1) is 10.8. The molecule has 0 radical (unpaired) electrons. The molecule has 2 rings (SSSR count). The van der Waals surface area contributed by atoms with Crippen molar-refractivity contribution in [1.82, 2.24) is 0 Å². The monoisotopic (exact) mass is 336 g/mol. The summed E-state index contributed by atoms with van der Waals surface area (Å²) >= 11 is 0. The van der Waals surface area contributed by atoms with Crippen LogP contribution in [0.2, 0.25) is 0 Å². The predicted molar refractivity (Wildman–Crippen MR) is 79.9 cm³/mol. The molecule has 0 saturated heterocycles. The van der Waals surface area contributed by atoms with E-state index in [2.05, 4.69) is 15.0 Å². The number of azo groups is 1. The molecule has 0 unspecified atom stereocenters. The summed E-state index contributed by atoms with van der Waals surface area (Å²) in [4.78, 5) is 11.2. The van der Waals surface area contributed by atoms with Crippen molar-refractivity contribution in [1.29, 1.82) is 0 Å². The van der Waals surface area contributed by atoms with Gasteiger partial charge in [-0.1, -0.05) is 0 Å². The predicted octanol–water partition coefficient (Wildman–Crippen LogP) is 2.84. The third kappa shape index (κ3) is 4.11. The summed E-state index contributed by atoms with van der Waals surface area (Å²) in [5, 5.41) is 17.3. The highest BCUT2D eigenvalue weighted by atomic mass is 32.2. The summed E-state index contributed by atoms with van der Waals surface area (Å²) in [5.74, 6) is -0.953. The number of nitrogens with zero attached hydrogens (tertiary/aromatic N) is 2. The van der Waals surface area contributed by atoms with E-state index in [1.165, 1.54) is 49.6 Å². The Kier molecular flexibility index (Phi) is 4.72. The quantitative estimate of drug-likeness (QED) is 0.502. The molecule has 0 aliphatic carbocycles. The first-order valence-corrected chi connectivity index (χ1v) is 7.66. The van der Waals surface area contributed by atoms with Gasteiger partial charge in [0.15, 0.2) is 0 Å². The molecule has 0 amide bonds. The highest BCUT2D eigenvalue weighted by Crippen LogP contribution is 2.26. The number of benzene rings is 2. The van der Waals surface area contributed by atoms with Crippen molar-refractivity contribution in [2.45, 2.75) is 4.90 Å². The van der Waals surface area contributed by atoms with E-state index in [0.29, 0.717) is 11.4 Å². The van der Waals surface area contributed by atoms with Crippen molar-refractivity contribution in [2.75, 3.05) is 7.11 Å². The highest BCUT2D eigenvalue weighted by Gasteiger charge is 2.12. The number of carbonyl (C=O) groups excluding carboxylic acids is 1. The summed E-state index contributed by atoms with van der Waals surface area (Å²) in [6.07, 6.45) is 0. The molecule has 0 aliphatic heterocycles. The zero-order valence-corrected chi connectivity index (χ0v) is 12.7. The third-order valence-electron chi connectivity index (χ3n) is 2.80. The fourth-order valence-electron chi connectivity index (χ4n) is 1.66. The minimum Gasteiger partial charge on any atom is -0.507 e. The molecule has 9 heteroatoms. The van der Waals surface area contributed by atoms with Crippen molar-refractivity contribution in [3.05, 3.63) is 48.0 Å². The average molecular weight is 336 g/mol. The van der Waals surface area contributed by atoms with Crippen LogP contribution in [0.5, 0.6) is 5.75 Å². The smallest absolute Gasteiger partial charge is 0.341 e. The van der Waals surface area contributed by atoms with E-state index in [1.54, 1.807) is 0 Å². The number of hydrogen-bond donors (Lipinski definition) is 2. The Hall–Kier alpha value is -2.78. The molecule has 0 heterocycles. The normalized spacial score (nSPS) is 11.6. The maximum absolute atomic E-state index is 11.5. The summed E-state index contributed by atoms with van der Waals surface area (Å²) < 4.78 is 35.2. The number of phenolic OH excluding ortho intramolecular Hbond substituents is 1. The molecule has 0 saturated carbocycles. The highest BCUT2D eigenvalue weighted by molar-refractivity contribution is 7.85. The first-order valence-electron chi connectivity index (χ1n) is 6.22. The van der Waals surface area contributed by atoms with E-state index >= 15 is 0 Å². The first kappa shape index (κ1) is 16.6. The second-order valence-corrected chi connectivity index (χ2v) is 5.78. The lowest BCUT2D eigenvalue weighted by Crippen LogP contribution is -2.00. The molecule has 0 bridgehead atoms. The molecule has 2 aromatic rings. The van der Waals surface area contributed by atoms with Gasteiger partial charge >= 0.3 is 5.97 Å². The summed E-state index contributed by atoms with van der Waals surface area (Å²) in [7, 11) is -3.07. The van der Waals surface area contributed by atoms with Crippen LogP contribution in [0.15, 0.2) is 57.6 Å². The number of hydrogen-bond acceptors (Lipinski definition) is 7. The van der Waals surface area contributed by atoms with Crippen LogP contribution in [0.3, 0.4) is 0 Å². The standard InChI is InChI=1S/C14H12N2O6S/c1-22-14(18)12-8-10(4-7-13(12)17)16-15-9-2-5-11(6-3-9)23(19,20)21/h2-8,17H,1H3,(H,19,20,21). The molecule has 0 aromatic heterocycles. The lowest BCUT2D eigenvalue weighted by atomic mass is 10.2. The number of carbonyl (C=O) groups is 1. The average Bonchev–Trinajstić information content (AvgIpc) is 2.53. The number of ether oxygens (including phenoxy) is 1. The Morgan fingerprint density at radius 3 is 2.17 bits per heavy atom. The van der Waals surface area contributed by atoms with E-state index in [0.717, 1.165) is 0 Å². The van der Waals surface area contributed by atoms with Gasteiger partial charge in [0.05, 0.1) is 23.4 Å². The van der Waals surface area contributed by atoms with Crippen LogP contribution in [0.4, 0.5) is 11.4 Å². The van der Waals surface area contributed by atoms with Gasteiger partial charge < -0.3 is 9.84 Å². The topological polar surface area (TPSA) is 126 Å². The van der Waals surface area contributed by atoms with Crippen molar-refractivity contribution in [3.8, 4) is 5.75 Å². The molecule has 2 aromatic carbocycles. The van der Waals surface area contributed by atoms with E-state index in [9.17, 15) is 18.3 Å². The Morgan fingerprint density at radius 2 is 1.61 bits per heavy atom. The maximum Gasteiger partial charge on any atom is 0.341 e. The van der Waals surface area contributed by atoms with Gasteiger partial charge in [0.1, 0.15) is 11.3 Å². The zero-order chi connectivity index (χ0) is 17.0. The lowest BCUT2D eigenvalue weighted by molar-refractivity contribution is 0.0597. The van der Waals surface area contributed by atoms with Crippen LogP contribution in [0.25, 0.3) is 0 Å². The number of rotatable bonds is 4. The number of methoxy groups -OCH3 is 1. The fourth-order valence-corrected chi connectivity index (χ4v) is 2.14. The number of esters is 1. The van der Waals surface area contributed by atoms with E-state index in [4.69, 9.17) is 4.55 Å². The van der Waals surface area contributed by atoms with Crippen LogP contribution in [0, 0.1) is 0 Å². The molecular formula is C14H12N2O6S. The molecule has 120 valence electrons. The largest absolute Gasteiger partial charge is 0.507 e. The Bertz CT molecular complexity index is 859. The molecule has 23 heavy (non-hydrogen) atoms. The molecule has 2 N–H and O–H groups in total. The van der Waals surface area contributed by atoms with E-state index in [-0.39, 0.29) is 16.2 Å². The van der Waals surface area contributed by atoms with Crippen molar-refractivity contribution >= 4 is 27.5 Å². The van der Waals surface area contributed by atoms with Gasteiger partial charge in [-0.15, -0.1) is 0 Å². The van der Waals surface area contributed by atoms with Gasteiger partial charge in [0, 0.05) is 0 Å². The molecular weight excluding hydrogens is 324 g/mol. The van der Waals surface area contributed by atoms with Crippen molar-refractivity contribution in [3.63, 3.8) is 0 Å². The SMILES string of the molecule is COC(=O)c1cc(N=Nc2ccc(S(=O)(=O)O)cc2)ccc1O. The van der Waals surface area contributed by atoms with Gasteiger partial charge in [-0.3, -0.25) is 4.55 Å². The Balaban J connectivity index is 2.25. The van der Waals surface area contributed by atoms with E-state index in [1.807, 2.05) is 0 Å². The van der Waals surface area contributed by atoms with Crippen LogP contribution < -0.4 is 0 Å². The summed E-state index contributed by atoms with van der Waals surface area (Å²) in [6, 6.07) is 9.10. The Labute approximate surface area is 131 Å². The minimum atomic E-state index is -4.26.